The third kappa shape index (κ3) is 8.22. The van der Waals surface area contributed by atoms with Crippen LogP contribution in [0, 0.1) is 0 Å². The monoisotopic (exact) mass is 358 g/mol. The summed E-state index contributed by atoms with van der Waals surface area (Å²) >= 11 is 0. The molecule has 2 saturated heterocycles. The molecule has 2 heterocycles. The van der Waals surface area contributed by atoms with Gasteiger partial charge in [0.15, 0.2) is 0 Å². The van der Waals surface area contributed by atoms with Crippen LogP contribution in [0.3, 0.4) is 0 Å². The van der Waals surface area contributed by atoms with Crippen LogP contribution in [-0.2, 0) is 9.47 Å². The second-order valence-electron chi connectivity index (χ2n) is 7.12. The van der Waals surface area contributed by atoms with E-state index < -0.39 is 5.60 Å². The van der Waals surface area contributed by atoms with E-state index in [2.05, 4.69) is 6.58 Å². The summed E-state index contributed by atoms with van der Waals surface area (Å²) in [6.07, 6.45) is 1.34. The molecule has 0 spiro atoms. The topological polar surface area (TPSA) is 99.5 Å². The van der Waals surface area contributed by atoms with E-state index in [0.717, 1.165) is 0 Å². The van der Waals surface area contributed by atoms with Gasteiger partial charge in [0.1, 0.15) is 12.2 Å². The molecule has 2 amide bonds. The maximum Gasteiger partial charge on any atom is 0.410 e. The Labute approximate surface area is 149 Å². The Morgan fingerprint density at radius 3 is 1.92 bits per heavy atom. The van der Waals surface area contributed by atoms with Gasteiger partial charge in [-0.15, -0.1) is 0 Å². The van der Waals surface area contributed by atoms with Crippen molar-refractivity contribution in [3.05, 3.63) is 12.7 Å². The van der Waals surface area contributed by atoms with Crippen LogP contribution in [0.2, 0.25) is 0 Å². The summed E-state index contributed by atoms with van der Waals surface area (Å²) < 4.78 is 9.93. The zero-order valence-corrected chi connectivity index (χ0v) is 15.3. The number of ether oxygens (including phenoxy) is 2. The van der Waals surface area contributed by atoms with E-state index in [1.54, 1.807) is 0 Å². The van der Waals surface area contributed by atoms with E-state index >= 15 is 0 Å². The molecule has 2 atom stereocenters. The minimum Gasteiger partial charge on any atom is -0.445 e. The summed E-state index contributed by atoms with van der Waals surface area (Å²) in [6, 6.07) is 0. The first-order valence-corrected chi connectivity index (χ1v) is 8.49. The van der Waals surface area contributed by atoms with Gasteiger partial charge in [0.2, 0.25) is 0 Å². The highest BCUT2D eigenvalue weighted by Gasteiger charge is 2.28. The van der Waals surface area contributed by atoms with Crippen molar-refractivity contribution < 1.29 is 29.3 Å². The summed E-state index contributed by atoms with van der Waals surface area (Å²) in [6.45, 7) is 11.1. The van der Waals surface area contributed by atoms with Crippen molar-refractivity contribution in [3.8, 4) is 0 Å². The van der Waals surface area contributed by atoms with Gasteiger partial charge in [-0.3, -0.25) is 0 Å². The fourth-order valence-corrected chi connectivity index (χ4v) is 2.36. The number of aliphatic hydroxyl groups is 2. The van der Waals surface area contributed by atoms with Crippen molar-refractivity contribution in [1.82, 2.24) is 9.80 Å². The third-order valence-corrected chi connectivity index (χ3v) is 3.56. The Morgan fingerprint density at radius 2 is 1.56 bits per heavy atom. The van der Waals surface area contributed by atoms with Crippen LogP contribution in [0.25, 0.3) is 0 Å². The lowest BCUT2D eigenvalue weighted by molar-refractivity contribution is 0.0270. The van der Waals surface area contributed by atoms with Crippen molar-refractivity contribution in [2.45, 2.75) is 51.4 Å². The van der Waals surface area contributed by atoms with Gasteiger partial charge < -0.3 is 29.5 Å². The Bertz CT molecular complexity index is 463. The molecular formula is C17H30N2O6. The van der Waals surface area contributed by atoms with Gasteiger partial charge in [-0.05, 0) is 33.6 Å². The molecule has 2 rings (SSSR count). The molecule has 2 aliphatic rings. The first kappa shape index (κ1) is 21.2. The predicted molar refractivity (Wildman–Crippen MR) is 92.2 cm³/mol. The molecule has 0 aromatic rings. The molecule has 2 aliphatic heterocycles. The van der Waals surface area contributed by atoms with E-state index in [1.807, 2.05) is 20.8 Å². The van der Waals surface area contributed by atoms with Gasteiger partial charge in [0.25, 0.3) is 0 Å². The molecule has 0 aromatic carbocycles. The minimum absolute atomic E-state index is 0.228. The predicted octanol–water partition coefficient (Wildman–Crippen LogP) is 1.36. The summed E-state index contributed by atoms with van der Waals surface area (Å²) in [4.78, 5) is 25.5. The normalized spacial score (nSPS) is 22.9. The number of β-amino-alcohol motifs (C(OH)–C–C–N with tert-alkyl or cyclic N) is 2. The molecule has 0 radical (unpaired) electrons. The molecule has 1 unspecified atom stereocenters. The number of carbonyl (C=O) groups is 2. The maximum atomic E-state index is 11.4. The third-order valence-electron chi connectivity index (χ3n) is 3.56. The number of aliphatic hydroxyl groups excluding tert-OH is 2. The molecule has 0 aromatic heterocycles. The van der Waals surface area contributed by atoms with Crippen molar-refractivity contribution in [2.24, 2.45) is 0 Å². The molecule has 8 heteroatoms. The fourth-order valence-electron chi connectivity index (χ4n) is 2.36. The first-order valence-electron chi connectivity index (χ1n) is 8.49. The second kappa shape index (κ2) is 9.62. The van der Waals surface area contributed by atoms with Gasteiger partial charge in [0, 0.05) is 26.2 Å². The standard InChI is InChI=1S/C9H17NO3.C8H13NO3/c1-9(2,3)13-8(12)10-5-4-7(11)6-10;1-2-5-12-8(11)9-4-3-7(10)6-9/h7,11H,4-6H2,1-3H3;2,7,10H,1,3-6H2/t7-;/m1./s1. The van der Waals surface area contributed by atoms with E-state index in [-0.39, 0.29) is 31.0 Å². The number of carbonyl (C=O) groups excluding carboxylic acids is 2. The average Bonchev–Trinajstić information content (AvgIpc) is 3.12. The van der Waals surface area contributed by atoms with Crippen molar-refractivity contribution in [1.29, 1.82) is 0 Å². The van der Waals surface area contributed by atoms with Crippen molar-refractivity contribution in [3.63, 3.8) is 0 Å². The van der Waals surface area contributed by atoms with Gasteiger partial charge in [-0.2, -0.15) is 0 Å². The number of rotatable bonds is 2. The lowest BCUT2D eigenvalue weighted by atomic mass is 10.2. The number of hydrogen-bond donors (Lipinski definition) is 2. The Morgan fingerprint density at radius 1 is 1.08 bits per heavy atom. The minimum atomic E-state index is -0.454. The summed E-state index contributed by atoms with van der Waals surface area (Å²) in [5, 5.41) is 18.3. The first-order chi connectivity index (χ1) is 11.6. The Hall–Kier alpha value is -1.80. The van der Waals surface area contributed by atoms with Crippen molar-refractivity contribution in [2.75, 3.05) is 32.8 Å². The van der Waals surface area contributed by atoms with Crippen LogP contribution >= 0.6 is 0 Å². The number of nitrogens with zero attached hydrogens (tertiary/aromatic N) is 2. The number of amides is 2. The zero-order chi connectivity index (χ0) is 19.0. The molecule has 2 fully saturated rings. The van der Waals surface area contributed by atoms with Crippen LogP contribution in [0.5, 0.6) is 0 Å². The van der Waals surface area contributed by atoms with Crippen LogP contribution < -0.4 is 0 Å². The average molecular weight is 358 g/mol. The highest BCUT2D eigenvalue weighted by atomic mass is 16.6. The smallest absolute Gasteiger partial charge is 0.410 e. The number of likely N-dealkylation sites (tertiary alicyclic amines) is 2. The van der Waals surface area contributed by atoms with Gasteiger partial charge in [-0.25, -0.2) is 9.59 Å². The highest BCUT2D eigenvalue weighted by molar-refractivity contribution is 5.68. The van der Waals surface area contributed by atoms with Gasteiger partial charge in [0.05, 0.1) is 12.2 Å². The van der Waals surface area contributed by atoms with E-state index in [1.165, 1.54) is 15.9 Å². The number of hydrogen-bond acceptors (Lipinski definition) is 6. The highest BCUT2D eigenvalue weighted by Crippen LogP contribution is 2.14. The Balaban J connectivity index is 0.000000251. The molecule has 0 aliphatic carbocycles. The lowest BCUT2D eigenvalue weighted by Gasteiger charge is -2.24. The zero-order valence-electron chi connectivity index (χ0n) is 15.3. The quantitative estimate of drug-likeness (QED) is 0.723. The summed E-state index contributed by atoms with van der Waals surface area (Å²) in [5.41, 5.74) is -0.454. The largest absolute Gasteiger partial charge is 0.445 e. The lowest BCUT2D eigenvalue weighted by Crippen LogP contribution is -2.35. The van der Waals surface area contributed by atoms with Crippen LogP contribution in [0.1, 0.15) is 33.6 Å². The van der Waals surface area contributed by atoms with E-state index in [9.17, 15) is 14.7 Å². The van der Waals surface area contributed by atoms with Crippen molar-refractivity contribution >= 4 is 12.2 Å². The van der Waals surface area contributed by atoms with E-state index in [0.29, 0.717) is 39.0 Å². The molecule has 25 heavy (non-hydrogen) atoms. The second-order valence-corrected chi connectivity index (χ2v) is 7.12. The molecule has 0 saturated carbocycles. The van der Waals surface area contributed by atoms with E-state index in [4.69, 9.17) is 14.6 Å². The summed E-state index contributed by atoms with van der Waals surface area (Å²) in [7, 11) is 0. The van der Waals surface area contributed by atoms with Crippen LogP contribution in [0.15, 0.2) is 12.7 Å². The Kier molecular flexibility index (Phi) is 8.18. The SMILES string of the molecule is C=CCOC(=O)N1CCC(O)C1.CC(C)(C)OC(=O)N1CC[C@@H](O)C1. The van der Waals surface area contributed by atoms with Crippen LogP contribution in [0.4, 0.5) is 9.59 Å². The molecule has 2 N–H and O–H groups in total. The molecule has 8 nitrogen and oxygen atoms in total. The van der Waals surface area contributed by atoms with Gasteiger partial charge >= 0.3 is 12.2 Å². The fraction of sp³-hybridized carbons (Fsp3) is 0.765. The van der Waals surface area contributed by atoms with Gasteiger partial charge in [-0.1, -0.05) is 12.7 Å². The summed E-state index contributed by atoms with van der Waals surface area (Å²) in [5.74, 6) is 0. The molecule has 144 valence electrons. The molecular weight excluding hydrogens is 328 g/mol. The maximum absolute atomic E-state index is 11.4. The van der Waals surface area contributed by atoms with Crippen LogP contribution in [-0.4, -0.2) is 82.8 Å². The molecule has 0 bridgehead atoms.